The number of hydrogen-bond donors (Lipinski definition) is 2. The van der Waals surface area contributed by atoms with Crippen molar-refractivity contribution in [2.45, 2.75) is 13.3 Å². The Hall–Kier alpha value is -2.93. The first-order valence-corrected chi connectivity index (χ1v) is 7.79. The number of hydrogen-bond acceptors (Lipinski definition) is 4. The van der Waals surface area contributed by atoms with Gasteiger partial charge in [-0.2, -0.15) is 0 Å². The molecule has 0 aliphatic rings. The lowest BCUT2D eigenvalue weighted by atomic mass is 10.1. The molecule has 0 atom stereocenters. The molecule has 2 aromatic carbocycles. The second-order valence-corrected chi connectivity index (χ2v) is 5.78. The minimum atomic E-state index is -0.547. The lowest BCUT2D eigenvalue weighted by molar-refractivity contribution is -0.385. The molecular formula is C17H16ClN3O4. The minimum Gasteiger partial charge on any atom is -0.347 e. The first-order chi connectivity index (χ1) is 11.9. The Morgan fingerprint density at radius 3 is 2.56 bits per heavy atom. The highest BCUT2D eigenvalue weighted by molar-refractivity contribution is 6.33. The van der Waals surface area contributed by atoms with E-state index in [4.69, 9.17) is 11.6 Å². The second-order valence-electron chi connectivity index (χ2n) is 5.37. The quantitative estimate of drug-likeness (QED) is 0.610. The number of para-hydroxylation sites is 1. The predicted molar refractivity (Wildman–Crippen MR) is 94.6 cm³/mol. The van der Waals surface area contributed by atoms with E-state index in [2.05, 4.69) is 10.6 Å². The normalized spacial score (nSPS) is 10.2. The Kier molecular flexibility index (Phi) is 6.08. The highest BCUT2D eigenvalue weighted by atomic mass is 35.5. The van der Waals surface area contributed by atoms with E-state index in [1.165, 1.54) is 18.2 Å². The number of rotatable bonds is 6. The van der Waals surface area contributed by atoms with Crippen LogP contribution < -0.4 is 10.6 Å². The molecule has 130 valence electrons. The van der Waals surface area contributed by atoms with Gasteiger partial charge in [-0.25, -0.2) is 0 Å². The first-order valence-electron chi connectivity index (χ1n) is 7.42. The molecule has 0 aliphatic heterocycles. The zero-order valence-electron chi connectivity index (χ0n) is 13.4. The fourth-order valence-corrected chi connectivity index (χ4v) is 2.45. The number of anilines is 1. The van der Waals surface area contributed by atoms with Crippen molar-refractivity contribution in [3.8, 4) is 0 Å². The van der Waals surface area contributed by atoms with Crippen LogP contribution in [0.5, 0.6) is 0 Å². The van der Waals surface area contributed by atoms with E-state index in [9.17, 15) is 19.7 Å². The van der Waals surface area contributed by atoms with Crippen LogP contribution in [0.15, 0.2) is 42.5 Å². The van der Waals surface area contributed by atoms with Crippen LogP contribution in [0.4, 0.5) is 11.4 Å². The monoisotopic (exact) mass is 361 g/mol. The second kappa shape index (κ2) is 8.25. The van der Waals surface area contributed by atoms with E-state index in [0.717, 1.165) is 5.56 Å². The Morgan fingerprint density at radius 2 is 1.88 bits per heavy atom. The summed E-state index contributed by atoms with van der Waals surface area (Å²) < 4.78 is 0. The van der Waals surface area contributed by atoms with Gasteiger partial charge >= 0.3 is 0 Å². The van der Waals surface area contributed by atoms with E-state index in [1.54, 1.807) is 24.3 Å². The number of nitro groups is 1. The number of halogens is 1. The summed E-state index contributed by atoms with van der Waals surface area (Å²) >= 11 is 6.02. The largest absolute Gasteiger partial charge is 0.347 e. The molecule has 2 amide bonds. The molecule has 0 saturated carbocycles. The van der Waals surface area contributed by atoms with Crippen LogP contribution in [0.25, 0.3) is 0 Å². The van der Waals surface area contributed by atoms with Crippen LogP contribution in [0.1, 0.15) is 11.1 Å². The number of amides is 2. The van der Waals surface area contributed by atoms with Crippen molar-refractivity contribution in [2.24, 2.45) is 0 Å². The molecule has 2 N–H and O–H groups in total. The molecule has 0 bridgehead atoms. The lowest BCUT2D eigenvalue weighted by Gasteiger charge is -2.09. The van der Waals surface area contributed by atoms with Crippen molar-refractivity contribution >= 4 is 34.8 Å². The maximum Gasteiger partial charge on any atom is 0.273 e. The smallest absolute Gasteiger partial charge is 0.273 e. The van der Waals surface area contributed by atoms with E-state index in [0.29, 0.717) is 10.7 Å². The van der Waals surface area contributed by atoms with Crippen molar-refractivity contribution in [1.29, 1.82) is 0 Å². The molecule has 0 fully saturated rings. The van der Waals surface area contributed by atoms with Crippen molar-refractivity contribution in [3.63, 3.8) is 0 Å². The number of nitrogens with zero attached hydrogens (tertiary/aromatic N) is 1. The highest BCUT2D eigenvalue weighted by Crippen LogP contribution is 2.22. The third-order valence-corrected chi connectivity index (χ3v) is 3.70. The van der Waals surface area contributed by atoms with Gasteiger partial charge in [0.2, 0.25) is 11.8 Å². The molecule has 0 aromatic heterocycles. The molecular weight excluding hydrogens is 346 g/mol. The Morgan fingerprint density at radius 1 is 1.16 bits per heavy atom. The van der Waals surface area contributed by atoms with Crippen LogP contribution in [0, 0.1) is 17.0 Å². The molecule has 0 spiro atoms. The van der Waals surface area contributed by atoms with E-state index < -0.39 is 16.7 Å². The van der Waals surface area contributed by atoms with Gasteiger partial charge in [-0.1, -0.05) is 35.9 Å². The number of benzene rings is 2. The van der Waals surface area contributed by atoms with E-state index >= 15 is 0 Å². The van der Waals surface area contributed by atoms with Crippen LogP contribution in [0.3, 0.4) is 0 Å². The third-order valence-electron chi connectivity index (χ3n) is 3.38. The van der Waals surface area contributed by atoms with Gasteiger partial charge in [0.25, 0.3) is 5.69 Å². The highest BCUT2D eigenvalue weighted by Gasteiger charge is 2.16. The summed E-state index contributed by atoms with van der Waals surface area (Å²) in [4.78, 5) is 34.2. The van der Waals surface area contributed by atoms with Crippen LogP contribution >= 0.6 is 11.6 Å². The molecule has 0 aliphatic carbocycles. The summed E-state index contributed by atoms with van der Waals surface area (Å²) in [7, 11) is 0. The van der Waals surface area contributed by atoms with Crippen molar-refractivity contribution in [1.82, 2.24) is 5.32 Å². The zero-order chi connectivity index (χ0) is 18.4. The summed E-state index contributed by atoms with van der Waals surface area (Å²) in [6.45, 7) is 1.62. The molecule has 0 radical (unpaired) electrons. The molecule has 0 saturated heterocycles. The van der Waals surface area contributed by atoms with Crippen molar-refractivity contribution in [3.05, 3.63) is 68.7 Å². The fourth-order valence-electron chi connectivity index (χ4n) is 2.17. The number of aryl methyl sites for hydroxylation is 1. The topological polar surface area (TPSA) is 101 Å². The Bertz CT molecular complexity index is 823. The van der Waals surface area contributed by atoms with Gasteiger partial charge in [-0.3, -0.25) is 19.7 Å². The van der Waals surface area contributed by atoms with Gasteiger partial charge in [-0.05, 0) is 24.6 Å². The van der Waals surface area contributed by atoms with Crippen LogP contribution in [0.2, 0.25) is 5.02 Å². The summed E-state index contributed by atoms with van der Waals surface area (Å²) in [5, 5.41) is 16.4. The summed E-state index contributed by atoms with van der Waals surface area (Å²) in [5.41, 5.74) is 1.56. The van der Waals surface area contributed by atoms with Gasteiger partial charge < -0.3 is 10.6 Å². The molecule has 2 aromatic rings. The average molecular weight is 362 g/mol. The van der Waals surface area contributed by atoms with E-state index in [1.807, 2.05) is 6.92 Å². The van der Waals surface area contributed by atoms with Gasteiger partial charge in [0.1, 0.15) is 0 Å². The number of nitrogens with one attached hydrogen (secondary N) is 2. The zero-order valence-corrected chi connectivity index (χ0v) is 14.2. The predicted octanol–water partition coefficient (Wildman–Crippen LogP) is 2.85. The van der Waals surface area contributed by atoms with Gasteiger partial charge in [0.05, 0.1) is 28.6 Å². The maximum atomic E-state index is 11.9. The molecule has 8 heteroatoms. The molecule has 25 heavy (non-hydrogen) atoms. The van der Waals surface area contributed by atoms with Gasteiger partial charge in [0, 0.05) is 11.6 Å². The first kappa shape index (κ1) is 18.4. The summed E-state index contributed by atoms with van der Waals surface area (Å²) in [6, 6.07) is 11.2. The molecule has 7 nitrogen and oxygen atoms in total. The van der Waals surface area contributed by atoms with Crippen LogP contribution in [-0.4, -0.2) is 23.3 Å². The SMILES string of the molecule is Cc1ccc(NC(=O)CNC(=O)Cc2ccccc2[N+](=O)[O-])c(Cl)c1. The molecule has 2 rings (SSSR count). The molecule has 0 heterocycles. The summed E-state index contributed by atoms with van der Waals surface area (Å²) in [6.07, 6.45) is -0.185. The van der Waals surface area contributed by atoms with Gasteiger partial charge in [0.15, 0.2) is 0 Å². The number of carbonyl (C=O) groups excluding carboxylic acids is 2. The minimum absolute atomic E-state index is 0.131. The lowest BCUT2D eigenvalue weighted by Crippen LogP contribution is -2.33. The average Bonchev–Trinajstić information content (AvgIpc) is 2.56. The third kappa shape index (κ3) is 5.29. The summed E-state index contributed by atoms with van der Waals surface area (Å²) in [5.74, 6) is -0.930. The maximum absolute atomic E-state index is 11.9. The van der Waals surface area contributed by atoms with E-state index in [-0.39, 0.29) is 24.2 Å². The van der Waals surface area contributed by atoms with Crippen molar-refractivity contribution in [2.75, 3.05) is 11.9 Å². The Balaban J connectivity index is 1.89. The number of nitro benzene ring substituents is 1. The molecule has 0 unspecified atom stereocenters. The number of carbonyl (C=O) groups is 2. The fraction of sp³-hybridized carbons (Fsp3) is 0.176. The standard InChI is InChI=1S/C17H16ClN3O4/c1-11-6-7-14(13(18)8-11)20-17(23)10-19-16(22)9-12-4-2-3-5-15(12)21(24)25/h2-8H,9-10H2,1H3,(H,19,22)(H,20,23). The van der Waals surface area contributed by atoms with Crippen LogP contribution in [-0.2, 0) is 16.0 Å². The van der Waals surface area contributed by atoms with Crippen molar-refractivity contribution < 1.29 is 14.5 Å². The Labute approximate surface area is 149 Å². The van der Waals surface area contributed by atoms with Gasteiger partial charge in [-0.15, -0.1) is 0 Å².